The van der Waals surface area contributed by atoms with Crippen LogP contribution in [0, 0.1) is 0 Å². The summed E-state index contributed by atoms with van der Waals surface area (Å²) in [5.41, 5.74) is 2.85. The lowest BCUT2D eigenvalue weighted by Gasteiger charge is -2.06. The molecule has 1 aromatic rings. The van der Waals surface area contributed by atoms with E-state index in [1.807, 2.05) is 0 Å². The van der Waals surface area contributed by atoms with Crippen molar-refractivity contribution >= 4 is 12.6 Å². The first-order valence-electron chi connectivity index (χ1n) is 4.93. The lowest BCUT2D eigenvalue weighted by atomic mass is 10.0. The summed E-state index contributed by atoms with van der Waals surface area (Å²) in [5, 5.41) is 0. The molecule has 0 radical (unpaired) electrons. The van der Waals surface area contributed by atoms with Crippen LogP contribution in [-0.2, 0) is 6.42 Å². The van der Waals surface area contributed by atoms with Gasteiger partial charge in [-0.25, -0.2) is 0 Å². The first-order valence-corrected chi connectivity index (χ1v) is 5.57. The van der Waals surface area contributed by atoms with E-state index in [1.165, 1.54) is 17.5 Å². The van der Waals surface area contributed by atoms with Crippen LogP contribution in [0.4, 0.5) is 0 Å². The van der Waals surface area contributed by atoms with Gasteiger partial charge in [0.15, 0.2) is 0 Å². The molecule has 0 unspecified atom stereocenters. The van der Waals surface area contributed by atoms with Crippen molar-refractivity contribution in [3.05, 3.63) is 35.4 Å². The molecule has 1 heteroatoms. The quantitative estimate of drug-likeness (QED) is 0.695. The monoisotopic (exact) mass is 194 g/mol. The molecule has 0 aromatic heterocycles. The first-order chi connectivity index (χ1) is 6.24. The van der Waals surface area contributed by atoms with Crippen LogP contribution in [0.5, 0.6) is 0 Å². The summed E-state index contributed by atoms with van der Waals surface area (Å²) >= 11 is 4.20. The van der Waals surface area contributed by atoms with Gasteiger partial charge in [0.2, 0.25) is 0 Å². The van der Waals surface area contributed by atoms with Gasteiger partial charge in [-0.05, 0) is 35.6 Å². The Bertz CT molecular complexity index is 236. The fourth-order valence-corrected chi connectivity index (χ4v) is 1.51. The Morgan fingerprint density at radius 3 is 2.23 bits per heavy atom. The molecule has 0 aliphatic heterocycles. The zero-order valence-corrected chi connectivity index (χ0v) is 9.35. The van der Waals surface area contributed by atoms with E-state index in [0.29, 0.717) is 5.92 Å². The molecule has 0 aliphatic rings. The van der Waals surface area contributed by atoms with Gasteiger partial charge >= 0.3 is 0 Å². The third-order valence-corrected chi connectivity index (χ3v) is 2.59. The molecule has 0 saturated heterocycles. The molecule has 0 fully saturated rings. The topological polar surface area (TPSA) is 0 Å². The zero-order chi connectivity index (χ0) is 9.68. The molecule has 0 nitrogen and oxygen atoms in total. The Labute approximate surface area is 86.8 Å². The van der Waals surface area contributed by atoms with Crippen molar-refractivity contribution in [2.75, 3.05) is 5.75 Å². The highest BCUT2D eigenvalue weighted by molar-refractivity contribution is 7.80. The summed E-state index contributed by atoms with van der Waals surface area (Å²) in [6.45, 7) is 4.45. The molecule has 1 aromatic carbocycles. The fourth-order valence-electron chi connectivity index (χ4n) is 1.35. The van der Waals surface area contributed by atoms with Crippen LogP contribution in [0.3, 0.4) is 0 Å². The van der Waals surface area contributed by atoms with Crippen LogP contribution in [0.2, 0.25) is 0 Å². The van der Waals surface area contributed by atoms with E-state index in [9.17, 15) is 0 Å². The second-order valence-electron chi connectivity index (χ2n) is 3.72. The lowest BCUT2D eigenvalue weighted by Crippen LogP contribution is -1.90. The maximum absolute atomic E-state index is 4.20. The Hall–Kier alpha value is -0.430. The van der Waals surface area contributed by atoms with Gasteiger partial charge in [-0.1, -0.05) is 38.1 Å². The summed E-state index contributed by atoms with van der Waals surface area (Å²) in [7, 11) is 0. The maximum Gasteiger partial charge on any atom is -0.00947 e. The van der Waals surface area contributed by atoms with Crippen molar-refractivity contribution in [3.8, 4) is 0 Å². The van der Waals surface area contributed by atoms with Crippen LogP contribution in [0.15, 0.2) is 24.3 Å². The molecule has 0 bridgehead atoms. The molecule has 0 atom stereocenters. The number of hydrogen-bond donors (Lipinski definition) is 1. The van der Waals surface area contributed by atoms with E-state index >= 15 is 0 Å². The maximum atomic E-state index is 4.20. The predicted molar refractivity (Wildman–Crippen MR) is 62.7 cm³/mol. The molecule has 1 rings (SSSR count). The van der Waals surface area contributed by atoms with Crippen LogP contribution in [0.25, 0.3) is 0 Å². The summed E-state index contributed by atoms with van der Waals surface area (Å²) < 4.78 is 0. The molecule has 0 aliphatic carbocycles. The second kappa shape index (κ2) is 5.33. The van der Waals surface area contributed by atoms with Gasteiger partial charge in [-0.15, -0.1) is 0 Å². The molecular weight excluding hydrogens is 176 g/mol. The molecule has 72 valence electrons. The highest BCUT2D eigenvalue weighted by Gasteiger charge is 1.98. The number of thiol groups is 1. The highest BCUT2D eigenvalue weighted by atomic mass is 32.1. The zero-order valence-electron chi connectivity index (χ0n) is 8.46. The van der Waals surface area contributed by atoms with E-state index in [0.717, 1.165) is 12.2 Å². The third kappa shape index (κ3) is 3.43. The minimum atomic E-state index is 0.638. The van der Waals surface area contributed by atoms with E-state index in [2.05, 4.69) is 50.7 Å². The van der Waals surface area contributed by atoms with Crippen molar-refractivity contribution in [1.29, 1.82) is 0 Å². The summed E-state index contributed by atoms with van der Waals surface area (Å²) in [6.07, 6.45) is 2.33. The minimum Gasteiger partial charge on any atom is -0.179 e. The van der Waals surface area contributed by atoms with Crippen LogP contribution in [0.1, 0.15) is 37.3 Å². The van der Waals surface area contributed by atoms with Crippen molar-refractivity contribution in [2.45, 2.75) is 32.6 Å². The number of rotatable bonds is 4. The number of hydrogen-bond acceptors (Lipinski definition) is 1. The van der Waals surface area contributed by atoms with Gasteiger partial charge in [0.1, 0.15) is 0 Å². The van der Waals surface area contributed by atoms with Crippen molar-refractivity contribution in [1.82, 2.24) is 0 Å². The molecule has 0 heterocycles. The molecule has 0 spiro atoms. The van der Waals surface area contributed by atoms with E-state index in [-0.39, 0.29) is 0 Å². The smallest absolute Gasteiger partial charge is 0.00947 e. The SMILES string of the molecule is CC(C)c1ccc(CCCS)cc1. The standard InChI is InChI=1S/C12H18S/c1-10(2)12-7-5-11(6-8-12)4-3-9-13/h5-8,10,13H,3-4,9H2,1-2H3. The van der Waals surface area contributed by atoms with Gasteiger partial charge in [0, 0.05) is 0 Å². The Kier molecular flexibility index (Phi) is 4.37. The highest BCUT2D eigenvalue weighted by Crippen LogP contribution is 2.15. The van der Waals surface area contributed by atoms with Crippen LogP contribution < -0.4 is 0 Å². The van der Waals surface area contributed by atoms with Crippen molar-refractivity contribution in [3.63, 3.8) is 0 Å². The van der Waals surface area contributed by atoms with Gasteiger partial charge < -0.3 is 0 Å². The molecule has 0 N–H and O–H groups in total. The molecule has 13 heavy (non-hydrogen) atoms. The fraction of sp³-hybridized carbons (Fsp3) is 0.500. The van der Waals surface area contributed by atoms with E-state index in [1.54, 1.807) is 0 Å². The molecule has 0 amide bonds. The molecule has 0 saturated carbocycles. The predicted octanol–water partition coefficient (Wildman–Crippen LogP) is 3.67. The van der Waals surface area contributed by atoms with Gasteiger partial charge in [-0.3, -0.25) is 0 Å². The van der Waals surface area contributed by atoms with E-state index in [4.69, 9.17) is 0 Å². The van der Waals surface area contributed by atoms with Crippen LogP contribution >= 0.6 is 12.6 Å². The Morgan fingerprint density at radius 2 is 1.77 bits per heavy atom. The average molecular weight is 194 g/mol. The van der Waals surface area contributed by atoms with Crippen molar-refractivity contribution in [2.24, 2.45) is 0 Å². The first kappa shape index (κ1) is 10.6. The van der Waals surface area contributed by atoms with Gasteiger partial charge in [0.25, 0.3) is 0 Å². The third-order valence-electron chi connectivity index (χ3n) is 2.27. The Morgan fingerprint density at radius 1 is 1.15 bits per heavy atom. The summed E-state index contributed by atoms with van der Waals surface area (Å²) in [4.78, 5) is 0. The summed E-state index contributed by atoms with van der Waals surface area (Å²) in [5.74, 6) is 1.62. The Balaban J connectivity index is 2.59. The number of aryl methyl sites for hydroxylation is 1. The summed E-state index contributed by atoms with van der Waals surface area (Å²) in [6, 6.07) is 8.94. The van der Waals surface area contributed by atoms with Gasteiger partial charge in [-0.2, -0.15) is 12.6 Å². The average Bonchev–Trinajstić information content (AvgIpc) is 2.15. The minimum absolute atomic E-state index is 0.638. The number of benzene rings is 1. The molecular formula is C12H18S. The van der Waals surface area contributed by atoms with Gasteiger partial charge in [0.05, 0.1) is 0 Å². The van der Waals surface area contributed by atoms with Crippen LogP contribution in [-0.4, -0.2) is 5.75 Å². The van der Waals surface area contributed by atoms with E-state index < -0.39 is 0 Å². The lowest BCUT2D eigenvalue weighted by molar-refractivity contribution is 0.861. The van der Waals surface area contributed by atoms with Crippen molar-refractivity contribution < 1.29 is 0 Å². The largest absolute Gasteiger partial charge is 0.179 e. The second-order valence-corrected chi connectivity index (χ2v) is 4.17. The normalized spacial score (nSPS) is 10.8.